The zero-order valence-corrected chi connectivity index (χ0v) is 11.0. The molecule has 0 saturated heterocycles. The molecule has 1 amide bonds. The molecule has 0 bridgehead atoms. The lowest BCUT2D eigenvalue weighted by molar-refractivity contribution is -0.117. The molecule has 1 aromatic rings. The minimum Gasteiger partial charge on any atom is -0.384 e. The molecular formula is C12H17ClN2O2. The molecule has 1 aromatic carbocycles. The monoisotopic (exact) mass is 256 g/mol. The van der Waals surface area contributed by atoms with Gasteiger partial charge in [0.1, 0.15) is 0 Å². The first-order valence-electron chi connectivity index (χ1n) is 5.30. The highest BCUT2D eigenvalue weighted by Crippen LogP contribution is 2.27. The van der Waals surface area contributed by atoms with Crippen molar-refractivity contribution >= 4 is 28.9 Å². The van der Waals surface area contributed by atoms with Gasteiger partial charge in [-0.2, -0.15) is 0 Å². The van der Waals surface area contributed by atoms with E-state index in [0.717, 1.165) is 5.69 Å². The number of hydrogen-bond donors (Lipinski definition) is 1. The van der Waals surface area contributed by atoms with Gasteiger partial charge in [-0.3, -0.25) is 4.79 Å². The van der Waals surface area contributed by atoms with Crippen molar-refractivity contribution in [3.63, 3.8) is 0 Å². The Balaban J connectivity index is 2.67. The third-order valence-electron chi connectivity index (χ3n) is 2.25. The van der Waals surface area contributed by atoms with E-state index in [9.17, 15) is 4.79 Å². The number of amides is 1. The maximum atomic E-state index is 11.5. The topological polar surface area (TPSA) is 41.6 Å². The van der Waals surface area contributed by atoms with Gasteiger partial charge in [-0.1, -0.05) is 11.6 Å². The molecule has 0 atom stereocenters. The Bertz CT molecular complexity index is 394. The Hall–Kier alpha value is -1.26. The molecule has 1 rings (SSSR count). The zero-order valence-electron chi connectivity index (χ0n) is 10.3. The molecule has 1 N–H and O–H groups in total. The van der Waals surface area contributed by atoms with Crippen LogP contribution in [0.15, 0.2) is 18.2 Å². The highest BCUT2D eigenvalue weighted by atomic mass is 35.5. The molecule has 0 fully saturated rings. The van der Waals surface area contributed by atoms with Gasteiger partial charge in [0, 0.05) is 26.9 Å². The summed E-state index contributed by atoms with van der Waals surface area (Å²) in [5.41, 5.74) is 1.61. The number of anilines is 2. The van der Waals surface area contributed by atoms with E-state index in [4.69, 9.17) is 16.3 Å². The van der Waals surface area contributed by atoms with Crippen LogP contribution < -0.4 is 10.2 Å². The molecule has 0 aliphatic carbocycles. The van der Waals surface area contributed by atoms with E-state index in [-0.39, 0.29) is 5.91 Å². The van der Waals surface area contributed by atoms with Crippen LogP contribution in [0.25, 0.3) is 0 Å². The van der Waals surface area contributed by atoms with Crippen LogP contribution in [0.4, 0.5) is 11.4 Å². The predicted molar refractivity (Wildman–Crippen MR) is 70.9 cm³/mol. The normalized spacial score (nSPS) is 10.1. The fraction of sp³-hybridized carbons (Fsp3) is 0.417. The number of rotatable bonds is 5. The van der Waals surface area contributed by atoms with E-state index in [0.29, 0.717) is 23.7 Å². The molecule has 0 radical (unpaired) electrons. The highest BCUT2D eigenvalue weighted by Gasteiger charge is 2.06. The maximum Gasteiger partial charge on any atom is 0.226 e. The third kappa shape index (κ3) is 4.24. The van der Waals surface area contributed by atoms with Crippen molar-refractivity contribution in [3.05, 3.63) is 23.2 Å². The highest BCUT2D eigenvalue weighted by molar-refractivity contribution is 6.33. The van der Waals surface area contributed by atoms with Gasteiger partial charge in [0.2, 0.25) is 5.91 Å². The average Bonchev–Trinajstić information content (AvgIpc) is 2.26. The number of methoxy groups -OCH3 is 1. The first-order chi connectivity index (χ1) is 8.04. The SMILES string of the molecule is COCCC(=O)Nc1ccc(N(C)C)c(Cl)c1. The van der Waals surface area contributed by atoms with Crippen molar-refractivity contribution in [3.8, 4) is 0 Å². The van der Waals surface area contributed by atoms with Crippen LogP contribution in [0.2, 0.25) is 5.02 Å². The average molecular weight is 257 g/mol. The van der Waals surface area contributed by atoms with Crippen LogP contribution in [0, 0.1) is 0 Å². The molecule has 0 aromatic heterocycles. The molecule has 0 aliphatic rings. The summed E-state index contributed by atoms with van der Waals surface area (Å²) < 4.78 is 4.83. The minimum absolute atomic E-state index is 0.0829. The summed E-state index contributed by atoms with van der Waals surface area (Å²) in [6.07, 6.45) is 0.337. The van der Waals surface area contributed by atoms with E-state index in [2.05, 4.69) is 5.32 Å². The Morgan fingerprint density at radius 2 is 2.18 bits per heavy atom. The molecule has 5 heteroatoms. The van der Waals surface area contributed by atoms with Gasteiger partial charge >= 0.3 is 0 Å². The number of halogens is 1. The Morgan fingerprint density at radius 3 is 2.71 bits per heavy atom. The minimum atomic E-state index is -0.0829. The molecular weight excluding hydrogens is 240 g/mol. The summed E-state index contributed by atoms with van der Waals surface area (Å²) in [6, 6.07) is 5.43. The van der Waals surface area contributed by atoms with Gasteiger partial charge in [-0.15, -0.1) is 0 Å². The number of carbonyl (C=O) groups excluding carboxylic acids is 1. The fourth-order valence-corrected chi connectivity index (χ4v) is 1.72. The first kappa shape index (κ1) is 13.8. The van der Waals surface area contributed by atoms with E-state index >= 15 is 0 Å². The zero-order chi connectivity index (χ0) is 12.8. The van der Waals surface area contributed by atoms with Crippen LogP contribution in [0.1, 0.15) is 6.42 Å². The maximum absolute atomic E-state index is 11.5. The molecule has 4 nitrogen and oxygen atoms in total. The van der Waals surface area contributed by atoms with Gasteiger partial charge in [0.15, 0.2) is 0 Å². The van der Waals surface area contributed by atoms with E-state index in [1.165, 1.54) is 0 Å². The van der Waals surface area contributed by atoms with Crippen LogP contribution in [0.5, 0.6) is 0 Å². The summed E-state index contributed by atoms with van der Waals surface area (Å²) >= 11 is 6.09. The van der Waals surface area contributed by atoms with Gasteiger partial charge in [-0.25, -0.2) is 0 Å². The summed E-state index contributed by atoms with van der Waals surface area (Å²) in [4.78, 5) is 13.4. The molecule has 0 heterocycles. The standard InChI is InChI=1S/C12H17ClN2O2/c1-15(2)11-5-4-9(8-10(11)13)14-12(16)6-7-17-3/h4-5,8H,6-7H2,1-3H3,(H,14,16). The molecule has 0 saturated carbocycles. The molecule has 94 valence electrons. The van der Waals surface area contributed by atoms with Crippen molar-refractivity contribution in [2.45, 2.75) is 6.42 Å². The van der Waals surface area contributed by atoms with E-state index in [1.807, 2.05) is 31.1 Å². The van der Waals surface area contributed by atoms with Crippen LogP contribution in [0.3, 0.4) is 0 Å². The fourth-order valence-electron chi connectivity index (χ4n) is 1.37. The smallest absolute Gasteiger partial charge is 0.226 e. The van der Waals surface area contributed by atoms with Gasteiger partial charge < -0.3 is 15.0 Å². The predicted octanol–water partition coefficient (Wildman–Crippen LogP) is 2.38. The van der Waals surface area contributed by atoms with Crippen LogP contribution >= 0.6 is 11.6 Å². The lowest BCUT2D eigenvalue weighted by Gasteiger charge is -2.15. The molecule has 17 heavy (non-hydrogen) atoms. The van der Waals surface area contributed by atoms with E-state index < -0.39 is 0 Å². The van der Waals surface area contributed by atoms with Gasteiger partial charge in [-0.05, 0) is 18.2 Å². The van der Waals surface area contributed by atoms with Crippen molar-refractivity contribution in [2.75, 3.05) is 38.0 Å². The number of nitrogens with zero attached hydrogens (tertiary/aromatic N) is 1. The second-order valence-corrected chi connectivity index (χ2v) is 4.26. The number of hydrogen-bond acceptors (Lipinski definition) is 3. The number of ether oxygens (including phenoxy) is 1. The second kappa shape index (κ2) is 6.47. The Labute approximate surface area is 107 Å². The first-order valence-corrected chi connectivity index (χ1v) is 5.68. The number of carbonyl (C=O) groups is 1. The molecule has 0 unspecified atom stereocenters. The van der Waals surface area contributed by atoms with Gasteiger partial charge in [0.05, 0.1) is 23.7 Å². The van der Waals surface area contributed by atoms with Crippen molar-refractivity contribution in [1.82, 2.24) is 0 Å². The van der Waals surface area contributed by atoms with Crippen molar-refractivity contribution in [1.29, 1.82) is 0 Å². The lowest BCUT2D eigenvalue weighted by Crippen LogP contribution is -2.14. The van der Waals surface area contributed by atoms with Crippen LogP contribution in [-0.2, 0) is 9.53 Å². The summed E-state index contributed by atoms with van der Waals surface area (Å²) in [5.74, 6) is -0.0829. The summed E-state index contributed by atoms with van der Waals surface area (Å²) in [5, 5.41) is 3.37. The Kier molecular flexibility index (Phi) is 5.25. The largest absolute Gasteiger partial charge is 0.384 e. The molecule has 0 aliphatic heterocycles. The summed E-state index contributed by atoms with van der Waals surface area (Å²) in [6.45, 7) is 0.412. The van der Waals surface area contributed by atoms with Crippen molar-refractivity contribution in [2.24, 2.45) is 0 Å². The van der Waals surface area contributed by atoms with Gasteiger partial charge in [0.25, 0.3) is 0 Å². The second-order valence-electron chi connectivity index (χ2n) is 3.85. The van der Waals surface area contributed by atoms with Crippen LogP contribution in [-0.4, -0.2) is 33.7 Å². The van der Waals surface area contributed by atoms with E-state index in [1.54, 1.807) is 13.2 Å². The number of nitrogens with one attached hydrogen (secondary N) is 1. The number of benzene rings is 1. The lowest BCUT2D eigenvalue weighted by atomic mass is 10.2. The third-order valence-corrected chi connectivity index (χ3v) is 2.55. The van der Waals surface area contributed by atoms with Crippen molar-refractivity contribution < 1.29 is 9.53 Å². The Morgan fingerprint density at radius 1 is 1.47 bits per heavy atom. The summed E-state index contributed by atoms with van der Waals surface area (Å²) in [7, 11) is 5.39. The quantitative estimate of drug-likeness (QED) is 0.880. The molecule has 0 spiro atoms.